The van der Waals surface area contributed by atoms with Crippen LogP contribution in [-0.4, -0.2) is 23.1 Å². The van der Waals surface area contributed by atoms with Crippen LogP contribution in [0.4, 0.5) is 5.82 Å². The zero-order valence-corrected chi connectivity index (χ0v) is 14.9. The molecule has 132 valence electrons. The molecule has 6 heteroatoms. The summed E-state index contributed by atoms with van der Waals surface area (Å²) in [6.45, 7) is 1.22. The van der Waals surface area contributed by atoms with E-state index in [9.17, 15) is 0 Å². The van der Waals surface area contributed by atoms with E-state index in [0.29, 0.717) is 5.02 Å². The maximum Gasteiger partial charge on any atom is 0.231 e. The van der Waals surface area contributed by atoms with Crippen molar-refractivity contribution in [3.8, 4) is 28.4 Å². The number of halogens is 1. The van der Waals surface area contributed by atoms with Gasteiger partial charge in [0.15, 0.2) is 11.5 Å². The first-order valence-corrected chi connectivity index (χ1v) is 9.19. The molecule has 1 aromatic heterocycles. The maximum absolute atomic E-state index is 6.21. The van der Waals surface area contributed by atoms with Gasteiger partial charge in [-0.05, 0) is 55.7 Å². The highest BCUT2D eigenvalue weighted by molar-refractivity contribution is 6.30. The topological polar surface area (TPSA) is 48.3 Å². The summed E-state index contributed by atoms with van der Waals surface area (Å²) in [5, 5.41) is 9.19. The van der Waals surface area contributed by atoms with Crippen LogP contribution in [-0.2, 0) is 6.42 Å². The number of benzene rings is 2. The lowest BCUT2D eigenvalue weighted by Crippen LogP contribution is -2.07. The fourth-order valence-electron chi connectivity index (χ4n) is 3.57. The molecule has 2 aliphatic rings. The molecule has 0 spiro atoms. The van der Waals surface area contributed by atoms with Gasteiger partial charge >= 0.3 is 0 Å². The Kier molecular flexibility index (Phi) is 3.75. The van der Waals surface area contributed by atoms with Crippen LogP contribution in [0.5, 0.6) is 11.5 Å². The lowest BCUT2D eigenvalue weighted by Gasteiger charge is -2.09. The number of nitrogens with one attached hydrogen (secondary N) is 1. The molecule has 0 bridgehead atoms. The molecule has 0 atom stereocenters. The van der Waals surface area contributed by atoms with Crippen LogP contribution in [0.25, 0.3) is 16.9 Å². The lowest BCUT2D eigenvalue weighted by molar-refractivity contribution is 0.174. The Morgan fingerprint density at radius 3 is 2.88 bits per heavy atom. The number of hydrogen-bond acceptors (Lipinski definition) is 4. The van der Waals surface area contributed by atoms with Crippen molar-refractivity contribution in [1.29, 1.82) is 0 Å². The molecule has 0 amide bonds. The van der Waals surface area contributed by atoms with Gasteiger partial charge in [-0.15, -0.1) is 0 Å². The molecule has 2 aliphatic heterocycles. The standard InChI is InChI=1S/C20H18ClN3O2/c21-14-4-3-5-15(11-14)24-20-16(6-1-2-9-22-20)19(23-24)13-7-8-17-18(10-13)26-12-25-17/h3-5,7-8,10-11,22H,1-2,6,9,12H2. The van der Waals surface area contributed by atoms with Crippen LogP contribution in [0.2, 0.25) is 5.02 Å². The van der Waals surface area contributed by atoms with E-state index in [2.05, 4.69) is 5.32 Å². The number of anilines is 1. The summed E-state index contributed by atoms with van der Waals surface area (Å²) < 4.78 is 12.9. The first-order chi connectivity index (χ1) is 12.8. The third-order valence-electron chi connectivity index (χ3n) is 4.83. The summed E-state index contributed by atoms with van der Waals surface area (Å²) in [7, 11) is 0. The fraction of sp³-hybridized carbons (Fsp3) is 0.250. The second kappa shape index (κ2) is 6.25. The van der Waals surface area contributed by atoms with E-state index >= 15 is 0 Å². The number of rotatable bonds is 2. The Balaban J connectivity index is 1.68. The summed E-state index contributed by atoms with van der Waals surface area (Å²) in [5.74, 6) is 2.61. The lowest BCUT2D eigenvalue weighted by atomic mass is 10.0. The quantitative estimate of drug-likeness (QED) is 0.715. The number of hydrogen-bond donors (Lipinski definition) is 1. The minimum atomic E-state index is 0.273. The van der Waals surface area contributed by atoms with Crippen LogP contribution >= 0.6 is 11.6 Å². The molecule has 3 aromatic rings. The predicted molar refractivity (Wildman–Crippen MR) is 102 cm³/mol. The van der Waals surface area contributed by atoms with Crippen molar-refractivity contribution in [2.24, 2.45) is 0 Å². The monoisotopic (exact) mass is 367 g/mol. The van der Waals surface area contributed by atoms with E-state index in [4.69, 9.17) is 26.2 Å². The minimum absolute atomic E-state index is 0.273. The molecule has 0 radical (unpaired) electrons. The van der Waals surface area contributed by atoms with Crippen LogP contribution in [0.15, 0.2) is 42.5 Å². The average molecular weight is 368 g/mol. The SMILES string of the molecule is Clc1cccc(-n2nc(-c3ccc4c(c3)OCO4)c3c2NCCCC3)c1. The van der Waals surface area contributed by atoms with E-state index in [1.807, 2.05) is 47.1 Å². The highest BCUT2D eigenvalue weighted by atomic mass is 35.5. The third-order valence-corrected chi connectivity index (χ3v) is 5.06. The normalized spacial score (nSPS) is 15.3. The van der Waals surface area contributed by atoms with Crippen molar-refractivity contribution in [3.05, 3.63) is 53.1 Å². The molecule has 0 unspecified atom stereocenters. The van der Waals surface area contributed by atoms with Crippen molar-refractivity contribution in [2.75, 3.05) is 18.7 Å². The number of aromatic nitrogens is 2. The summed E-state index contributed by atoms with van der Waals surface area (Å²) in [4.78, 5) is 0. The molecule has 1 N–H and O–H groups in total. The number of nitrogens with zero attached hydrogens (tertiary/aromatic N) is 2. The Morgan fingerprint density at radius 2 is 1.96 bits per heavy atom. The van der Waals surface area contributed by atoms with Crippen molar-refractivity contribution >= 4 is 17.4 Å². The van der Waals surface area contributed by atoms with Gasteiger partial charge in [0.2, 0.25) is 6.79 Å². The Hall–Kier alpha value is -2.66. The summed E-state index contributed by atoms with van der Waals surface area (Å²) in [6, 6.07) is 13.8. The molecule has 0 fully saturated rings. The number of ether oxygens (including phenoxy) is 2. The fourth-order valence-corrected chi connectivity index (χ4v) is 3.76. The van der Waals surface area contributed by atoms with Gasteiger partial charge in [-0.3, -0.25) is 0 Å². The van der Waals surface area contributed by atoms with E-state index in [1.54, 1.807) is 0 Å². The van der Waals surface area contributed by atoms with Gasteiger partial charge in [-0.25, -0.2) is 4.68 Å². The van der Waals surface area contributed by atoms with Gasteiger partial charge in [0.1, 0.15) is 5.82 Å². The van der Waals surface area contributed by atoms with Crippen LogP contribution < -0.4 is 14.8 Å². The van der Waals surface area contributed by atoms with Gasteiger partial charge in [0.25, 0.3) is 0 Å². The molecular weight excluding hydrogens is 350 g/mol. The molecule has 0 saturated heterocycles. The highest BCUT2D eigenvalue weighted by Gasteiger charge is 2.23. The van der Waals surface area contributed by atoms with Gasteiger partial charge in [0, 0.05) is 22.7 Å². The highest BCUT2D eigenvalue weighted by Crippen LogP contribution is 2.39. The van der Waals surface area contributed by atoms with Gasteiger partial charge in [0.05, 0.1) is 11.4 Å². The second-order valence-corrected chi connectivity index (χ2v) is 6.96. The Bertz CT molecular complexity index is 983. The van der Waals surface area contributed by atoms with Crippen molar-refractivity contribution in [1.82, 2.24) is 9.78 Å². The Labute approximate surface area is 156 Å². The molecule has 0 aliphatic carbocycles. The average Bonchev–Trinajstić information content (AvgIpc) is 3.18. The molecule has 0 saturated carbocycles. The Morgan fingerprint density at radius 1 is 1.04 bits per heavy atom. The first kappa shape index (κ1) is 15.6. The molecule has 3 heterocycles. The van der Waals surface area contributed by atoms with Crippen molar-refractivity contribution < 1.29 is 9.47 Å². The minimum Gasteiger partial charge on any atom is -0.454 e. The zero-order valence-electron chi connectivity index (χ0n) is 14.2. The van der Waals surface area contributed by atoms with Crippen molar-refractivity contribution in [2.45, 2.75) is 19.3 Å². The largest absolute Gasteiger partial charge is 0.454 e. The maximum atomic E-state index is 6.21. The zero-order chi connectivity index (χ0) is 17.5. The van der Waals surface area contributed by atoms with Crippen molar-refractivity contribution in [3.63, 3.8) is 0 Å². The molecule has 26 heavy (non-hydrogen) atoms. The van der Waals surface area contributed by atoms with Crippen LogP contribution in [0.1, 0.15) is 18.4 Å². The van der Waals surface area contributed by atoms with Gasteiger partial charge in [-0.1, -0.05) is 17.7 Å². The molecule has 2 aromatic carbocycles. The summed E-state index contributed by atoms with van der Waals surface area (Å²) >= 11 is 6.21. The van der Waals surface area contributed by atoms with E-state index < -0.39 is 0 Å². The second-order valence-electron chi connectivity index (χ2n) is 6.52. The van der Waals surface area contributed by atoms with E-state index in [1.165, 1.54) is 5.56 Å². The third kappa shape index (κ3) is 2.59. The van der Waals surface area contributed by atoms with E-state index in [-0.39, 0.29) is 6.79 Å². The molecule has 5 nitrogen and oxygen atoms in total. The molecule has 5 rings (SSSR count). The van der Waals surface area contributed by atoms with E-state index in [0.717, 1.165) is 60.1 Å². The van der Waals surface area contributed by atoms with Crippen LogP contribution in [0, 0.1) is 0 Å². The smallest absolute Gasteiger partial charge is 0.231 e. The predicted octanol–water partition coefficient (Wildman–Crippen LogP) is 4.67. The summed E-state index contributed by atoms with van der Waals surface area (Å²) in [6.07, 6.45) is 3.27. The van der Waals surface area contributed by atoms with Crippen LogP contribution in [0.3, 0.4) is 0 Å². The first-order valence-electron chi connectivity index (χ1n) is 8.81. The van der Waals surface area contributed by atoms with Gasteiger partial charge in [-0.2, -0.15) is 5.10 Å². The molecular formula is C20H18ClN3O2. The summed E-state index contributed by atoms with van der Waals surface area (Å²) in [5.41, 5.74) is 4.21. The van der Waals surface area contributed by atoms with Gasteiger partial charge < -0.3 is 14.8 Å². The number of fused-ring (bicyclic) bond motifs is 2.